The van der Waals surface area contributed by atoms with Crippen molar-refractivity contribution in [2.45, 2.75) is 56.8 Å². The van der Waals surface area contributed by atoms with Gasteiger partial charge in [0.15, 0.2) is 0 Å². The molecule has 1 amide bonds. The number of alkyl halides is 3. The van der Waals surface area contributed by atoms with Gasteiger partial charge in [-0.1, -0.05) is 0 Å². The Bertz CT molecular complexity index is 391. The molecule has 0 radical (unpaired) electrons. The molecule has 0 aromatic rings. The van der Waals surface area contributed by atoms with Gasteiger partial charge in [-0.15, -0.1) is 0 Å². The van der Waals surface area contributed by atoms with Gasteiger partial charge in [0.05, 0.1) is 0 Å². The fraction of sp³-hybridized carbons (Fsp3) is 0.929. The summed E-state index contributed by atoms with van der Waals surface area (Å²) in [7, 11) is 0. The van der Waals surface area contributed by atoms with Gasteiger partial charge in [0, 0.05) is 6.04 Å². The molecule has 0 aromatic carbocycles. The van der Waals surface area contributed by atoms with E-state index in [2.05, 4.69) is 5.32 Å². The summed E-state index contributed by atoms with van der Waals surface area (Å²) in [4.78, 5) is 11.8. The van der Waals surface area contributed by atoms with Crippen molar-refractivity contribution >= 4 is 5.91 Å². The number of aliphatic hydroxyl groups is 1. The summed E-state index contributed by atoms with van der Waals surface area (Å²) in [6.45, 7) is 0.526. The van der Waals surface area contributed by atoms with Crippen LogP contribution in [0.3, 0.4) is 0 Å². The number of rotatable bonds is 2. The molecule has 4 fully saturated rings. The third-order valence-corrected chi connectivity index (χ3v) is 5.52. The van der Waals surface area contributed by atoms with E-state index in [0.717, 1.165) is 25.7 Å². The van der Waals surface area contributed by atoms with E-state index in [1.54, 1.807) is 0 Å². The Balaban J connectivity index is 1.71. The van der Waals surface area contributed by atoms with Crippen LogP contribution in [0.2, 0.25) is 0 Å². The fourth-order valence-electron chi connectivity index (χ4n) is 4.58. The van der Waals surface area contributed by atoms with Crippen LogP contribution in [-0.2, 0) is 4.79 Å². The second-order valence-corrected chi connectivity index (χ2v) is 7.00. The molecule has 0 unspecified atom stereocenters. The molecule has 1 atom stereocenters. The number of nitrogens with one attached hydrogen (secondary N) is 1. The molecule has 20 heavy (non-hydrogen) atoms. The van der Waals surface area contributed by atoms with E-state index in [4.69, 9.17) is 0 Å². The third kappa shape index (κ3) is 2.12. The van der Waals surface area contributed by atoms with Crippen LogP contribution in [-0.4, -0.2) is 28.8 Å². The van der Waals surface area contributed by atoms with Crippen molar-refractivity contribution < 1.29 is 23.1 Å². The number of carbonyl (C=O) groups is 1. The molecule has 4 aliphatic rings. The van der Waals surface area contributed by atoms with Crippen LogP contribution in [0.4, 0.5) is 13.2 Å². The number of halogens is 3. The summed E-state index contributed by atoms with van der Waals surface area (Å²) in [5, 5.41) is 11.9. The zero-order chi connectivity index (χ0) is 14.7. The SMILES string of the molecule is C[C@@](O)(C(=O)NC1C2CC3CC(C2)CC1C3)C(F)(F)F. The largest absolute Gasteiger partial charge is 0.426 e. The van der Waals surface area contributed by atoms with Crippen LogP contribution in [0.5, 0.6) is 0 Å². The maximum Gasteiger partial charge on any atom is 0.426 e. The van der Waals surface area contributed by atoms with Gasteiger partial charge in [-0.3, -0.25) is 4.79 Å². The molecule has 4 saturated carbocycles. The summed E-state index contributed by atoms with van der Waals surface area (Å²) in [6, 6.07) is -0.191. The third-order valence-electron chi connectivity index (χ3n) is 5.52. The van der Waals surface area contributed by atoms with Crippen molar-refractivity contribution in [1.29, 1.82) is 0 Å². The minimum atomic E-state index is -4.94. The van der Waals surface area contributed by atoms with Crippen LogP contribution in [0.15, 0.2) is 0 Å². The van der Waals surface area contributed by atoms with Crippen molar-refractivity contribution in [3.05, 3.63) is 0 Å². The zero-order valence-corrected chi connectivity index (χ0v) is 11.4. The minimum Gasteiger partial charge on any atom is -0.373 e. The van der Waals surface area contributed by atoms with Crippen LogP contribution in [0, 0.1) is 23.7 Å². The van der Waals surface area contributed by atoms with Crippen molar-refractivity contribution in [2.24, 2.45) is 23.7 Å². The Morgan fingerprint density at radius 2 is 1.50 bits per heavy atom. The Morgan fingerprint density at radius 1 is 1.05 bits per heavy atom. The molecule has 6 heteroatoms. The molecule has 4 bridgehead atoms. The summed E-state index contributed by atoms with van der Waals surface area (Å²) >= 11 is 0. The van der Waals surface area contributed by atoms with Gasteiger partial charge in [0.1, 0.15) is 0 Å². The lowest BCUT2D eigenvalue weighted by Gasteiger charge is -2.54. The standard InChI is InChI=1S/C14H20F3NO2/c1-13(20,14(15,16)17)12(19)18-11-9-3-7-2-8(5-9)6-10(11)4-7/h7-11,20H,2-6H2,1H3,(H,18,19)/t7?,8?,9?,10?,11?,13-/m1/s1. The molecule has 114 valence electrons. The Labute approximate surface area is 115 Å². The van der Waals surface area contributed by atoms with E-state index in [1.165, 1.54) is 6.42 Å². The number of amides is 1. The first-order valence-corrected chi connectivity index (χ1v) is 7.28. The smallest absolute Gasteiger partial charge is 0.373 e. The van der Waals surface area contributed by atoms with Gasteiger partial charge < -0.3 is 10.4 Å². The Hall–Kier alpha value is -0.780. The average molecular weight is 291 g/mol. The monoisotopic (exact) mass is 291 g/mol. The molecule has 0 aliphatic heterocycles. The fourth-order valence-corrected chi connectivity index (χ4v) is 4.58. The van der Waals surface area contributed by atoms with Crippen molar-refractivity contribution in [3.63, 3.8) is 0 Å². The maximum atomic E-state index is 12.7. The van der Waals surface area contributed by atoms with E-state index in [-0.39, 0.29) is 6.04 Å². The lowest BCUT2D eigenvalue weighted by atomic mass is 9.54. The second kappa shape index (κ2) is 4.36. The van der Waals surface area contributed by atoms with Crippen molar-refractivity contribution in [2.75, 3.05) is 0 Å². The van der Waals surface area contributed by atoms with Gasteiger partial charge in [-0.25, -0.2) is 0 Å². The van der Waals surface area contributed by atoms with E-state index in [1.807, 2.05) is 0 Å². The van der Waals surface area contributed by atoms with Crippen LogP contribution in [0.1, 0.15) is 39.0 Å². The first-order valence-electron chi connectivity index (χ1n) is 7.28. The van der Waals surface area contributed by atoms with Crippen molar-refractivity contribution in [1.82, 2.24) is 5.32 Å². The molecule has 0 aromatic heterocycles. The number of hydrogen-bond donors (Lipinski definition) is 2. The summed E-state index contributed by atoms with van der Waals surface area (Å²) in [6.07, 6.45) is 0.327. The van der Waals surface area contributed by atoms with E-state index in [0.29, 0.717) is 30.6 Å². The first-order chi connectivity index (χ1) is 9.18. The van der Waals surface area contributed by atoms with Gasteiger partial charge in [0.25, 0.3) is 5.91 Å². The Morgan fingerprint density at radius 3 is 1.90 bits per heavy atom. The molecular weight excluding hydrogens is 271 g/mol. The predicted octanol–water partition coefficient (Wildman–Crippen LogP) is 2.24. The number of carbonyl (C=O) groups excluding carboxylic acids is 1. The highest BCUT2D eigenvalue weighted by molar-refractivity contribution is 5.85. The highest BCUT2D eigenvalue weighted by Gasteiger charge is 2.57. The highest BCUT2D eigenvalue weighted by Crippen LogP contribution is 2.53. The van der Waals surface area contributed by atoms with Crippen LogP contribution < -0.4 is 5.32 Å². The van der Waals surface area contributed by atoms with Gasteiger partial charge in [-0.05, 0) is 62.7 Å². The lowest BCUT2D eigenvalue weighted by Crippen LogP contribution is -2.62. The van der Waals surface area contributed by atoms with Crippen LogP contribution >= 0.6 is 0 Å². The van der Waals surface area contributed by atoms with E-state index >= 15 is 0 Å². The summed E-state index contributed by atoms with van der Waals surface area (Å²) < 4.78 is 38.1. The first kappa shape index (κ1) is 14.2. The second-order valence-electron chi connectivity index (χ2n) is 7.00. The molecule has 3 nitrogen and oxygen atoms in total. The van der Waals surface area contributed by atoms with Gasteiger partial charge in [-0.2, -0.15) is 13.2 Å². The zero-order valence-electron chi connectivity index (χ0n) is 11.4. The summed E-state index contributed by atoms with van der Waals surface area (Å²) in [5.41, 5.74) is -3.30. The average Bonchev–Trinajstić information content (AvgIpc) is 2.31. The van der Waals surface area contributed by atoms with Gasteiger partial charge >= 0.3 is 6.18 Å². The highest BCUT2D eigenvalue weighted by atomic mass is 19.4. The molecular formula is C14H20F3NO2. The topological polar surface area (TPSA) is 49.3 Å². The van der Waals surface area contributed by atoms with Gasteiger partial charge in [0.2, 0.25) is 5.60 Å². The van der Waals surface area contributed by atoms with E-state index in [9.17, 15) is 23.1 Å². The molecule has 4 rings (SSSR count). The number of hydrogen-bond acceptors (Lipinski definition) is 2. The maximum absolute atomic E-state index is 12.7. The van der Waals surface area contributed by atoms with Crippen LogP contribution in [0.25, 0.3) is 0 Å². The molecule has 0 heterocycles. The molecule has 2 N–H and O–H groups in total. The summed E-state index contributed by atoms with van der Waals surface area (Å²) in [5.74, 6) is 0.656. The predicted molar refractivity (Wildman–Crippen MR) is 65.7 cm³/mol. The lowest BCUT2D eigenvalue weighted by molar-refractivity contribution is -0.246. The molecule has 0 spiro atoms. The Kier molecular flexibility index (Phi) is 3.09. The van der Waals surface area contributed by atoms with Crippen molar-refractivity contribution in [3.8, 4) is 0 Å². The molecule has 0 saturated heterocycles. The van der Waals surface area contributed by atoms with E-state index < -0.39 is 17.7 Å². The normalized spacial score (nSPS) is 42.4. The quantitative estimate of drug-likeness (QED) is 0.820. The minimum absolute atomic E-state index is 0.191. The molecule has 4 aliphatic carbocycles.